The second-order valence-electron chi connectivity index (χ2n) is 3.48. The van der Waals surface area contributed by atoms with Crippen molar-refractivity contribution in [1.29, 1.82) is 0 Å². The van der Waals surface area contributed by atoms with Gasteiger partial charge in [-0.2, -0.15) is 5.10 Å². The van der Waals surface area contributed by atoms with Gasteiger partial charge in [0.1, 0.15) is 0 Å². The van der Waals surface area contributed by atoms with Crippen LogP contribution in [0.3, 0.4) is 0 Å². The first-order valence-electron chi connectivity index (χ1n) is 4.60. The maximum atomic E-state index is 4.30. The van der Waals surface area contributed by atoms with E-state index in [2.05, 4.69) is 22.2 Å². The molecule has 14 heavy (non-hydrogen) atoms. The third-order valence-electron chi connectivity index (χ3n) is 2.21. The number of nitrogens with zero attached hydrogens (tertiary/aromatic N) is 3. The second kappa shape index (κ2) is 3.25. The molecular formula is C11H13N3. The van der Waals surface area contributed by atoms with Crippen LogP contribution in [0.5, 0.6) is 0 Å². The molecule has 0 amide bonds. The van der Waals surface area contributed by atoms with Crippen LogP contribution in [0.15, 0.2) is 24.4 Å². The van der Waals surface area contributed by atoms with Gasteiger partial charge in [0.05, 0.1) is 11.4 Å². The zero-order valence-corrected chi connectivity index (χ0v) is 8.65. The standard InChI is InChI=1S/C11H13N3/c1-8-4-5-10(7-12-8)11-6-9(2)13-14(11)3/h4-7H,1-3H3. The van der Waals surface area contributed by atoms with Crippen LogP contribution >= 0.6 is 0 Å². The summed E-state index contributed by atoms with van der Waals surface area (Å²) in [7, 11) is 1.95. The lowest BCUT2D eigenvalue weighted by molar-refractivity contribution is 0.763. The Morgan fingerprint density at radius 1 is 1.14 bits per heavy atom. The van der Waals surface area contributed by atoms with E-state index >= 15 is 0 Å². The van der Waals surface area contributed by atoms with Gasteiger partial charge in [-0.1, -0.05) is 0 Å². The fraction of sp³-hybridized carbons (Fsp3) is 0.273. The average molecular weight is 187 g/mol. The Morgan fingerprint density at radius 2 is 1.93 bits per heavy atom. The maximum Gasteiger partial charge on any atom is 0.0697 e. The lowest BCUT2D eigenvalue weighted by Crippen LogP contribution is -1.94. The Bertz CT molecular complexity index is 440. The number of hydrogen-bond acceptors (Lipinski definition) is 2. The molecule has 0 aliphatic carbocycles. The molecule has 2 heterocycles. The van der Waals surface area contributed by atoms with Gasteiger partial charge in [-0.3, -0.25) is 9.67 Å². The van der Waals surface area contributed by atoms with E-state index in [1.165, 1.54) is 0 Å². The highest BCUT2D eigenvalue weighted by Crippen LogP contribution is 2.18. The van der Waals surface area contributed by atoms with Crippen LogP contribution in [0.4, 0.5) is 0 Å². The predicted octanol–water partition coefficient (Wildman–Crippen LogP) is 2.10. The van der Waals surface area contributed by atoms with Crippen LogP contribution in [0.2, 0.25) is 0 Å². The number of pyridine rings is 1. The van der Waals surface area contributed by atoms with Crippen LogP contribution in [0.25, 0.3) is 11.3 Å². The van der Waals surface area contributed by atoms with Crippen LogP contribution in [-0.2, 0) is 7.05 Å². The zero-order valence-electron chi connectivity index (χ0n) is 8.65. The van der Waals surface area contributed by atoms with Crippen molar-refractivity contribution in [1.82, 2.24) is 14.8 Å². The van der Waals surface area contributed by atoms with E-state index in [9.17, 15) is 0 Å². The average Bonchev–Trinajstić information content (AvgIpc) is 2.47. The molecule has 2 rings (SSSR count). The van der Waals surface area contributed by atoms with Gasteiger partial charge in [0.25, 0.3) is 0 Å². The summed E-state index contributed by atoms with van der Waals surface area (Å²) in [5.41, 5.74) is 4.28. The van der Waals surface area contributed by atoms with Gasteiger partial charge in [-0.25, -0.2) is 0 Å². The highest BCUT2D eigenvalue weighted by Gasteiger charge is 2.04. The van der Waals surface area contributed by atoms with Gasteiger partial charge in [-0.15, -0.1) is 0 Å². The molecule has 0 aliphatic heterocycles. The van der Waals surface area contributed by atoms with Crippen molar-refractivity contribution in [3.63, 3.8) is 0 Å². The third-order valence-corrected chi connectivity index (χ3v) is 2.21. The molecule has 0 unspecified atom stereocenters. The first kappa shape index (κ1) is 8.94. The van der Waals surface area contributed by atoms with Gasteiger partial charge >= 0.3 is 0 Å². The molecule has 3 nitrogen and oxygen atoms in total. The summed E-state index contributed by atoms with van der Waals surface area (Å²) in [6, 6.07) is 6.14. The van der Waals surface area contributed by atoms with Gasteiger partial charge in [-0.05, 0) is 32.0 Å². The van der Waals surface area contributed by atoms with Gasteiger partial charge in [0, 0.05) is 24.5 Å². The molecule has 0 saturated carbocycles. The molecule has 2 aromatic rings. The Labute approximate surface area is 83.4 Å². The van der Waals surface area contributed by atoms with E-state index in [1.807, 2.05) is 37.8 Å². The number of aromatic nitrogens is 3. The van der Waals surface area contributed by atoms with Crippen molar-refractivity contribution in [3.05, 3.63) is 35.8 Å². The summed E-state index contributed by atoms with van der Waals surface area (Å²) in [4.78, 5) is 4.26. The summed E-state index contributed by atoms with van der Waals surface area (Å²) in [5, 5.41) is 4.30. The largest absolute Gasteiger partial charge is 0.268 e. The molecule has 72 valence electrons. The monoisotopic (exact) mass is 187 g/mol. The van der Waals surface area contributed by atoms with Crippen molar-refractivity contribution < 1.29 is 0 Å². The summed E-state index contributed by atoms with van der Waals surface area (Å²) in [5.74, 6) is 0. The third kappa shape index (κ3) is 1.53. The molecule has 0 bridgehead atoms. The van der Waals surface area contributed by atoms with Crippen LogP contribution in [0.1, 0.15) is 11.4 Å². The van der Waals surface area contributed by atoms with E-state index < -0.39 is 0 Å². The van der Waals surface area contributed by atoms with Crippen molar-refractivity contribution in [2.45, 2.75) is 13.8 Å². The van der Waals surface area contributed by atoms with Gasteiger partial charge in [0.15, 0.2) is 0 Å². The SMILES string of the molecule is Cc1ccc(-c2cc(C)nn2C)cn1. The Morgan fingerprint density at radius 3 is 2.43 bits per heavy atom. The van der Waals surface area contributed by atoms with E-state index in [1.54, 1.807) is 0 Å². The first-order chi connectivity index (χ1) is 6.66. The van der Waals surface area contributed by atoms with Crippen molar-refractivity contribution in [2.75, 3.05) is 0 Å². The molecule has 3 heteroatoms. The van der Waals surface area contributed by atoms with E-state index in [0.29, 0.717) is 0 Å². The molecule has 0 atom stereocenters. The molecule has 0 radical (unpaired) electrons. The molecular weight excluding hydrogens is 174 g/mol. The summed E-state index contributed by atoms with van der Waals surface area (Å²) < 4.78 is 1.88. The minimum Gasteiger partial charge on any atom is -0.268 e. The quantitative estimate of drug-likeness (QED) is 0.684. The number of rotatable bonds is 1. The zero-order chi connectivity index (χ0) is 10.1. The van der Waals surface area contributed by atoms with Crippen molar-refractivity contribution in [2.24, 2.45) is 7.05 Å². The number of hydrogen-bond donors (Lipinski definition) is 0. The molecule has 2 aromatic heterocycles. The lowest BCUT2D eigenvalue weighted by Gasteiger charge is -2.00. The number of aryl methyl sites for hydroxylation is 3. The molecule has 0 fully saturated rings. The molecule has 0 N–H and O–H groups in total. The normalized spacial score (nSPS) is 10.5. The summed E-state index contributed by atoms with van der Waals surface area (Å²) in [6.45, 7) is 3.98. The topological polar surface area (TPSA) is 30.7 Å². The van der Waals surface area contributed by atoms with E-state index in [-0.39, 0.29) is 0 Å². The van der Waals surface area contributed by atoms with Crippen molar-refractivity contribution in [3.8, 4) is 11.3 Å². The highest BCUT2D eigenvalue weighted by molar-refractivity contribution is 5.58. The Hall–Kier alpha value is -1.64. The molecule has 0 saturated heterocycles. The molecule has 0 aromatic carbocycles. The Balaban J connectivity index is 2.49. The van der Waals surface area contributed by atoms with Crippen LogP contribution in [0, 0.1) is 13.8 Å². The maximum absolute atomic E-state index is 4.30. The van der Waals surface area contributed by atoms with Crippen LogP contribution in [-0.4, -0.2) is 14.8 Å². The Kier molecular flexibility index (Phi) is 2.08. The van der Waals surface area contributed by atoms with E-state index in [0.717, 1.165) is 22.6 Å². The predicted molar refractivity (Wildman–Crippen MR) is 55.9 cm³/mol. The lowest BCUT2D eigenvalue weighted by atomic mass is 10.2. The van der Waals surface area contributed by atoms with Crippen molar-refractivity contribution >= 4 is 0 Å². The second-order valence-corrected chi connectivity index (χ2v) is 3.48. The first-order valence-corrected chi connectivity index (χ1v) is 4.60. The minimum atomic E-state index is 1.03. The fourth-order valence-electron chi connectivity index (χ4n) is 1.50. The summed E-state index contributed by atoms with van der Waals surface area (Å²) in [6.07, 6.45) is 1.88. The van der Waals surface area contributed by atoms with Crippen LogP contribution < -0.4 is 0 Å². The summed E-state index contributed by atoms with van der Waals surface area (Å²) >= 11 is 0. The molecule has 0 aliphatic rings. The molecule has 0 spiro atoms. The minimum absolute atomic E-state index is 1.03. The highest BCUT2D eigenvalue weighted by atomic mass is 15.3. The van der Waals surface area contributed by atoms with Gasteiger partial charge < -0.3 is 0 Å². The fourth-order valence-corrected chi connectivity index (χ4v) is 1.50. The smallest absolute Gasteiger partial charge is 0.0697 e. The van der Waals surface area contributed by atoms with Gasteiger partial charge in [0.2, 0.25) is 0 Å². The van der Waals surface area contributed by atoms with E-state index in [4.69, 9.17) is 0 Å².